The Balaban J connectivity index is 2.00. The smallest absolute Gasteiger partial charge is 0.218 e. The average molecular weight is 315 g/mol. The summed E-state index contributed by atoms with van der Waals surface area (Å²) < 4.78 is 18.6. The van der Waals surface area contributed by atoms with Crippen LogP contribution in [0, 0.1) is 11.7 Å². The highest BCUT2D eigenvalue weighted by molar-refractivity contribution is 6.31. The van der Waals surface area contributed by atoms with Gasteiger partial charge in [0.1, 0.15) is 5.82 Å². The summed E-state index contributed by atoms with van der Waals surface area (Å²) in [6, 6.07) is 4.22. The number of halogens is 2. The molecule has 0 radical (unpaired) electrons. The van der Waals surface area contributed by atoms with Crippen LogP contribution in [0.1, 0.15) is 24.8 Å². The molecule has 0 bridgehead atoms. The first-order valence-corrected chi connectivity index (χ1v) is 7.47. The Bertz CT molecular complexity index is 493. The van der Waals surface area contributed by atoms with Crippen LogP contribution in [-0.2, 0) is 16.1 Å². The predicted molar refractivity (Wildman–Crippen MR) is 79.4 cm³/mol. The third-order valence-corrected chi connectivity index (χ3v) is 4.19. The maximum atomic E-state index is 13.3. The molecule has 21 heavy (non-hydrogen) atoms. The van der Waals surface area contributed by atoms with Crippen molar-refractivity contribution in [3.63, 3.8) is 0 Å². The van der Waals surface area contributed by atoms with E-state index in [1.54, 1.807) is 0 Å². The third-order valence-electron chi connectivity index (χ3n) is 3.82. The van der Waals surface area contributed by atoms with Crippen molar-refractivity contribution in [1.29, 1.82) is 0 Å². The first kappa shape index (κ1) is 16.2. The lowest BCUT2D eigenvalue weighted by atomic mass is 9.89. The van der Waals surface area contributed by atoms with Crippen molar-refractivity contribution in [3.05, 3.63) is 34.6 Å². The molecule has 3 N–H and O–H groups in total. The summed E-state index contributed by atoms with van der Waals surface area (Å²) in [5.41, 5.74) is 6.01. The van der Waals surface area contributed by atoms with E-state index in [0.717, 1.165) is 12.8 Å². The second kappa shape index (κ2) is 7.73. The number of hydrogen-bond acceptors (Lipinski definition) is 3. The number of amides is 1. The van der Waals surface area contributed by atoms with Crippen LogP contribution in [0.2, 0.25) is 5.02 Å². The maximum absolute atomic E-state index is 13.3. The maximum Gasteiger partial charge on any atom is 0.218 e. The van der Waals surface area contributed by atoms with Crippen LogP contribution in [0.15, 0.2) is 18.2 Å². The lowest BCUT2D eigenvalue weighted by Crippen LogP contribution is -2.41. The molecule has 1 aromatic rings. The minimum atomic E-state index is -0.343. The van der Waals surface area contributed by atoms with Gasteiger partial charge in [0.25, 0.3) is 0 Å². The number of benzene rings is 1. The first-order valence-electron chi connectivity index (χ1n) is 7.09. The molecule has 0 saturated carbocycles. The van der Waals surface area contributed by atoms with Crippen LogP contribution in [0.3, 0.4) is 0 Å². The van der Waals surface area contributed by atoms with Gasteiger partial charge >= 0.3 is 0 Å². The van der Waals surface area contributed by atoms with Gasteiger partial charge in [-0.3, -0.25) is 4.79 Å². The molecule has 1 saturated heterocycles. The molecule has 1 aliphatic heterocycles. The average Bonchev–Trinajstić information content (AvgIpc) is 2.47. The Hall–Kier alpha value is -1.17. The van der Waals surface area contributed by atoms with Gasteiger partial charge in [-0.05, 0) is 42.5 Å². The number of nitrogens with one attached hydrogen (secondary N) is 1. The van der Waals surface area contributed by atoms with Crippen LogP contribution in [0.25, 0.3) is 0 Å². The number of carbonyl (C=O) groups is 1. The molecule has 0 aromatic heterocycles. The Morgan fingerprint density at radius 1 is 1.48 bits per heavy atom. The second-order valence-corrected chi connectivity index (χ2v) is 5.75. The zero-order valence-corrected chi connectivity index (χ0v) is 12.5. The molecule has 1 unspecified atom stereocenters. The summed E-state index contributed by atoms with van der Waals surface area (Å²) in [5.74, 6) is -0.336. The number of nitrogens with two attached hydrogens (primary N) is 1. The van der Waals surface area contributed by atoms with Crippen LogP contribution >= 0.6 is 11.6 Å². The summed E-state index contributed by atoms with van der Waals surface area (Å²) in [6.07, 6.45) is 2.04. The summed E-state index contributed by atoms with van der Waals surface area (Å²) in [6.45, 7) is 1.80. The largest absolute Gasteiger partial charge is 0.381 e. The van der Waals surface area contributed by atoms with Gasteiger partial charge in [-0.1, -0.05) is 11.6 Å². The summed E-state index contributed by atoms with van der Waals surface area (Å²) in [4.78, 5) is 11.2. The molecule has 1 heterocycles. The fourth-order valence-corrected chi connectivity index (χ4v) is 2.84. The van der Waals surface area contributed by atoms with Gasteiger partial charge in [0.05, 0.1) is 0 Å². The fraction of sp³-hybridized carbons (Fsp3) is 0.533. The highest BCUT2D eigenvalue weighted by Gasteiger charge is 2.25. The standard InChI is InChI=1S/C15H20ClFN2O2/c16-13-2-1-12(17)7-11(13)9-19-14(8-15(18)20)10-3-5-21-6-4-10/h1-2,7,10,14,19H,3-6,8-9H2,(H2,18,20). The minimum absolute atomic E-state index is 0.0364. The van der Waals surface area contributed by atoms with Crippen molar-refractivity contribution >= 4 is 17.5 Å². The molecule has 1 fully saturated rings. The molecule has 1 atom stereocenters. The Labute approximate surface area is 128 Å². The molecule has 1 amide bonds. The topological polar surface area (TPSA) is 64.4 Å². The normalized spacial score (nSPS) is 17.6. The molecule has 0 aliphatic carbocycles. The Morgan fingerprint density at radius 2 is 2.19 bits per heavy atom. The lowest BCUT2D eigenvalue weighted by molar-refractivity contribution is -0.119. The molecule has 2 rings (SSSR count). The first-order chi connectivity index (χ1) is 10.1. The van der Waals surface area contributed by atoms with E-state index >= 15 is 0 Å². The quantitative estimate of drug-likeness (QED) is 0.846. The van der Waals surface area contributed by atoms with E-state index in [2.05, 4.69) is 5.32 Å². The van der Waals surface area contributed by atoms with E-state index in [1.807, 2.05) is 0 Å². The van der Waals surface area contributed by atoms with E-state index < -0.39 is 0 Å². The summed E-state index contributed by atoms with van der Waals surface area (Å²) in [5, 5.41) is 3.81. The van der Waals surface area contributed by atoms with E-state index in [0.29, 0.717) is 36.3 Å². The monoisotopic (exact) mass is 314 g/mol. The third kappa shape index (κ3) is 4.95. The molecular weight excluding hydrogens is 295 g/mol. The fourth-order valence-electron chi connectivity index (χ4n) is 2.66. The minimum Gasteiger partial charge on any atom is -0.381 e. The Morgan fingerprint density at radius 3 is 2.86 bits per heavy atom. The molecule has 1 aliphatic rings. The summed E-state index contributed by atoms with van der Waals surface area (Å²) in [7, 11) is 0. The molecule has 1 aromatic carbocycles. The molecule has 4 nitrogen and oxygen atoms in total. The number of carbonyl (C=O) groups excluding carboxylic acids is 1. The highest BCUT2D eigenvalue weighted by Crippen LogP contribution is 2.22. The van der Waals surface area contributed by atoms with Gasteiger partial charge in [-0.25, -0.2) is 4.39 Å². The van der Waals surface area contributed by atoms with Crippen molar-refractivity contribution in [2.24, 2.45) is 11.7 Å². The van der Waals surface area contributed by atoms with Crippen molar-refractivity contribution in [1.82, 2.24) is 5.32 Å². The predicted octanol–water partition coefficient (Wildman–Crippen LogP) is 2.24. The molecular formula is C15H20ClFN2O2. The zero-order chi connectivity index (χ0) is 15.2. The van der Waals surface area contributed by atoms with Crippen LogP contribution < -0.4 is 11.1 Å². The van der Waals surface area contributed by atoms with Crippen LogP contribution in [-0.4, -0.2) is 25.2 Å². The van der Waals surface area contributed by atoms with Crippen molar-refractivity contribution in [2.45, 2.75) is 31.8 Å². The molecule has 6 heteroatoms. The van der Waals surface area contributed by atoms with Gasteiger partial charge in [0.15, 0.2) is 0 Å². The van der Waals surface area contributed by atoms with E-state index in [1.165, 1.54) is 18.2 Å². The number of primary amides is 1. The van der Waals surface area contributed by atoms with Gasteiger partial charge in [-0.2, -0.15) is 0 Å². The van der Waals surface area contributed by atoms with Crippen molar-refractivity contribution in [3.8, 4) is 0 Å². The zero-order valence-electron chi connectivity index (χ0n) is 11.8. The Kier molecular flexibility index (Phi) is 5.96. The lowest BCUT2D eigenvalue weighted by Gasteiger charge is -2.30. The van der Waals surface area contributed by atoms with Gasteiger partial charge in [0, 0.05) is 37.2 Å². The number of ether oxygens (including phenoxy) is 1. The van der Waals surface area contributed by atoms with Crippen LogP contribution in [0.5, 0.6) is 0 Å². The van der Waals surface area contributed by atoms with Gasteiger partial charge in [0.2, 0.25) is 5.91 Å². The highest BCUT2D eigenvalue weighted by atomic mass is 35.5. The number of rotatable bonds is 6. The molecule has 0 spiro atoms. The van der Waals surface area contributed by atoms with Crippen molar-refractivity contribution < 1.29 is 13.9 Å². The van der Waals surface area contributed by atoms with E-state index in [9.17, 15) is 9.18 Å². The van der Waals surface area contributed by atoms with Gasteiger partial charge < -0.3 is 15.8 Å². The van der Waals surface area contributed by atoms with Gasteiger partial charge in [-0.15, -0.1) is 0 Å². The molecule has 116 valence electrons. The second-order valence-electron chi connectivity index (χ2n) is 5.34. The van der Waals surface area contributed by atoms with Crippen molar-refractivity contribution in [2.75, 3.05) is 13.2 Å². The number of hydrogen-bond donors (Lipinski definition) is 2. The van der Waals surface area contributed by atoms with E-state index in [4.69, 9.17) is 22.1 Å². The van der Waals surface area contributed by atoms with E-state index in [-0.39, 0.29) is 24.2 Å². The van der Waals surface area contributed by atoms with Crippen LogP contribution in [0.4, 0.5) is 4.39 Å². The summed E-state index contributed by atoms with van der Waals surface area (Å²) >= 11 is 6.05. The SMILES string of the molecule is NC(=O)CC(NCc1cc(F)ccc1Cl)C1CCOCC1.